The van der Waals surface area contributed by atoms with Crippen molar-refractivity contribution in [1.82, 2.24) is 0 Å². The van der Waals surface area contributed by atoms with Gasteiger partial charge >= 0.3 is 6.18 Å². The van der Waals surface area contributed by atoms with E-state index in [2.05, 4.69) is 28.2 Å². The van der Waals surface area contributed by atoms with Crippen LogP contribution in [0.25, 0.3) is 0 Å². The summed E-state index contributed by atoms with van der Waals surface area (Å²) < 4.78 is 39.3. The van der Waals surface area contributed by atoms with Crippen LogP contribution in [0.5, 0.6) is 0 Å². The van der Waals surface area contributed by atoms with E-state index in [1.165, 1.54) is 10.9 Å². The van der Waals surface area contributed by atoms with E-state index < -0.39 is 11.7 Å². The predicted molar refractivity (Wildman–Crippen MR) is 80.2 cm³/mol. The van der Waals surface area contributed by atoms with Crippen molar-refractivity contribution in [1.29, 1.82) is 0 Å². The van der Waals surface area contributed by atoms with Gasteiger partial charge in [-0.2, -0.15) is 13.2 Å². The Labute approximate surface area is 128 Å². The molecule has 1 heterocycles. The number of hydrogen-bond donors (Lipinski definition) is 1. The van der Waals surface area contributed by atoms with E-state index in [1.807, 2.05) is 12.1 Å². The first kappa shape index (κ1) is 15.4. The van der Waals surface area contributed by atoms with E-state index in [0.717, 1.165) is 17.4 Å². The molecule has 2 aromatic rings. The number of alkyl halides is 3. The van der Waals surface area contributed by atoms with E-state index in [-0.39, 0.29) is 5.69 Å². The second-order valence-corrected chi connectivity index (χ2v) is 6.43. The molecule has 20 heavy (non-hydrogen) atoms. The zero-order valence-corrected chi connectivity index (χ0v) is 13.1. The highest BCUT2D eigenvalue weighted by atomic mass is 79.9. The van der Waals surface area contributed by atoms with E-state index >= 15 is 0 Å². The third-order valence-corrected chi connectivity index (χ3v) is 4.53. The van der Waals surface area contributed by atoms with Gasteiger partial charge < -0.3 is 5.32 Å². The third-order valence-electron chi connectivity index (χ3n) is 2.81. The molecule has 0 bridgehead atoms. The molecule has 0 aliphatic rings. The smallest absolute Gasteiger partial charge is 0.380 e. The summed E-state index contributed by atoms with van der Waals surface area (Å²) >= 11 is 4.69. The molecule has 2 rings (SSSR count). The standard InChI is InChI=1S/C14H13BrF3NS/c1-2-10-4-5-11(20-10)8-19-13-6-3-9(15)7-12(13)14(16,17)18/h3-7,19H,2,8H2,1H3. The molecule has 0 fully saturated rings. The van der Waals surface area contributed by atoms with Gasteiger partial charge in [-0.05, 0) is 36.8 Å². The van der Waals surface area contributed by atoms with Crippen LogP contribution in [-0.4, -0.2) is 0 Å². The summed E-state index contributed by atoms with van der Waals surface area (Å²) in [6.07, 6.45) is -3.42. The Kier molecular flexibility index (Phi) is 4.75. The van der Waals surface area contributed by atoms with Crippen LogP contribution in [0.4, 0.5) is 18.9 Å². The van der Waals surface area contributed by atoms with Crippen molar-refractivity contribution in [3.05, 3.63) is 50.1 Å². The van der Waals surface area contributed by atoms with Gasteiger partial charge in [0.2, 0.25) is 0 Å². The van der Waals surface area contributed by atoms with Gasteiger partial charge in [-0.25, -0.2) is 0 Å². The lowest BCUT2D eigenvalue weighted by Gasteiger charge is -2.14. The molecule has 0 amide bonds. The molecular weight excluding hydrogens is 351 g/mol. The summed E-state index contributed by atoms with van der Waals surface area (Å²) in [6.45, 7) is 2.45. The highest BCUT2D eigenvalue weighted by molar-refractivity contribution is 9.10. The summed E-state index contributed by atoms with van der Waals surface area (Å²) in [4.78, 5) is 2.26. The Bertz CT molecular complexity index is 592. The van der Waals surface area contributed by atoms with Gasteiger partial charge in [0.1, 0.15) is 0 Å². The average molecular weight is 364 g/mol. The van der Waals surface area contributed by atoms with Crippen molar-refractivity contribution >= 4 is 33.0 Å². The minimum atomic E-state index is -4.36. The summed E-state index contributed by atoms with van der Waals surface area (Å²) in [5.74, 6) is 0. The molecule has 1 N–H and O–H groups in total. The first-order valence-corrected chi connectivity index (χ1v) is 7.69. The molecule has 0 spiro atoms. The number of rotatable bonds is 4. The van der Waals surface area contributed by atoms with Gasteiger partial charge in [-0.3, -0.25) is 0 Å². The lowest BCUT2D eigenvalue weighted by Crippen LogP contribution is -2.10. The Morgan fingerprint density at radius 2 is 1.85 bits per heavy atom. The minimum Gasteiger partial charge on any atom is -0.380 e. The fourth-order valence-electron chi connectivity index (χ4n) is 1.79. The van der Waals surface area contributed by atoms with Gasteiger partial charge in [-0.15, -0.1) is 11.3 Å². The Hall–Kier alpha value is -1.01. The molecule has 0 radical (unpaired) electrons. The highest BCUT2D eigenvalue weighted by Gasteiger charge is 2.33. The molecule has 1 nitrogen and oxygen atoms in total. The second kappa shape index (κ2) is 6.18. The van der Waals surface area contributed by atoms with E-state index in [4.69, 9.17) is 0 Å². The van der Waals surface area contributed by atoms with Crippen molar-refractivity contribution in [2.45, 2.75) is 26.1 Å². The van der Waals surface area contributed by atoms with Gasteiger partial charge in [0.25, 0.3) is 0 Å². The van der Waals surface area contributed by atoms with Crippen LogP contribution in [0.15, 0.2) is 34.8 Å². The lowest BCUT2D eigenvalue weighted by molar-refractivity contribution is -0.137. The number of nitrogens with one attached hydrogen (secondary N) is 1. The molecule has 0 aliphatic carbocycles. The first-order chi connectivity index (χ1) is 9.40. The zero-order valence-electron chi connectivity index (χ0n) is 10.7. The van der Waals surface area contributed by atoms with E-state index in [0.29, 0.717) is 11.0 Å². The summed E-state index contributed by atoms with van der Waals surface area (Å²) in [5, 5.41) is 2.87. The number of thiophene rings is 1. The lowest BCUT2D eigenvalue weighted by atomic mass is 10.1. The predicted octanol–water partition coefficient (Wildman–Crippen LogP) is 5.70. The molecule has 1 aromatic heterocycles. The van der Waals surface area contributed by atoms with Gasteiger partial charge in [0, 0.05) is 26.5 Å². The second-order valence-electron chi connectivity index (χ2n) is 4.26. The van der Waals surface area contributed by atoms with Crippen LogP contribution in [0, 0.1) is 0 Å². The largest absolute Gasteiger partial charge is 0.418 e. The molecular formula is C14H13BrF3NS. The van der Waals surface area contributed by atoms with Crippen LogP contribution in [-0.2, 0) is 19.1 Å². The number of anilines is 1. The SMILES string of the molecule is CCc1ccc(CNc2ccc(Br)cc2C(F)(F)F)s1. The number of hydrogen-bond acceptors (Lipinski definition) is 2. The zero-order chi connectivity index (χ0) is 14.8. The summed E-state index contributed by atoms with van der Waals surface area (Å²) in [6, 6.07) is 8.09. The molecule has 0 atom stereocenters. The van der Waals surface area contributed by atoms with Crippen LogP contribution >= 0.6 is 27.3 Å². The Morgan fingerprint density at radius 1 is 1.15 bits per heavy atom. The number of halogens is 4. The van der Waals surface area contributed by atoms with Crippen molar-refractivity contribution < 1.29 is 13.2 Å². The van der Waals surface area contributed by atoms with Crippen LogP contribution in [0.2, 0.25) is 0 Å². The molecule has 0 unspecified atom stereocenters. The Balaban J connectivity index is 2.17. The average Bonchev–Trinajstić information content (AvgIpc) is 2.84. The Morgan fingerprint density at radius 3 is 2.45 bits per heavy atom. The summed E-state index contributed by atoms with van der Waals surface area (Å²) in [5.41, 5.74) is -0.550. The van der Waals surface area contributed by atoms with Gasteiger partial charge in [-0.1, -0.05) is 22.9 Å². The maximum Gasteiger partial charge on any atom is 0.418 e. The van der Waals surface area contributed by atoms with Crippen LogP contribution < -0.4 is 5.32 Å². The van der Waals surface area contributed by atoms with Crippen molar-refractivity contribution in [3.63, 3.8) is 0 Å². The third kappa shape index (κ3) is 3.76. The van der Waals surface area contributed by atoms with Gasteiger partial charge in [0.15, 0.2) is 0 Å². The van der Waals surface area contributed by atoms with Crippen LogP contribution in [0.3, 0.4) is 0 Å². The number of aryl methyl sites for hydroxylation is 1. The van der Waals surface area contributed by atoms with Crippen LogP contribution in [0.1, 0.15) is 22.2 Å². The quantitative estimate of drug-likeness (QED) is 0.733. The van der Waals surface area contributed by atoms with Crippen molar-refractivity contribution in [3.8, 4) is 0 Å². The molecule has 1 aromatic carbocycles. The fraction of sp³-hybridized carbons (Fsp3) is 0.286. The maximum absolute atomic E-state index is 13.0. The monoisotopic (exact) mass is 363 g/mol. The first-order valence-electron chi connectivity index (χ1n) is 6.08. The maximum atomic E-state index is 13.0. The van der Waals surface area contributed by atoms with Gasteiger partial charge in [0.05, 0.1) is 5.56 Å². The normalized spacial score (nSPS) is 11.7. The molecule has 0 saturated heterocycles. The van der Waals surface area contributed by atoms with Crippen molar-refractivity contribution in [2.24, 2.45) is 0 Å². The minimum absolute atomic E-state index is 0.104. The van der Waals surface area contributed by atoms with E-state index in [1.54, 1.807) is 17.4 Å². The molecule has 108 valence electrons. The number of benzene rings is 1. The van der Waals surface area contributed by atoms with Crippen molar-refractivity contribution in [2.75, 3.05) is 5.32 Å². The molecule has 6 heteroatoms. The molecule has 0 aliphatic heterocycles. The fourth-order valence-corrected chi connectivity index (χ4v) is 3.05. The molecule has 0 saturated carbocycles. The topological polar surface area (TPSA) is 12.0 Å². The highest BCUT2D eigenvalue weighted by Crippen LogP contribution is 2.36. The van der Waals surface area contributed by atoms with E-state index in [9.17, 15) is 13.2 Å². The summed E-state index contributed by atoms with van der Waals surface area (Å²) in [7, 11) is 0.